The number of hydrogen-bond acceptors (Lipinski definition) is 2. The second kappa shape index (κ2) is 6.53. The fourth-order valence-electron chi connectivity index (χ4n) is 3.34. The molecule has 0 saturated heterocycles. The Morgan fingerprint density at radius 3 is 2.85 bits per heavy atom. The summed E-state index contributed by atoms with van der Waals surface area (Å²) < 4.78 is 13.5. The van der Waals surface area contributed by atoms with Crippen LogP contribution in [0.2, 0.25) is 5.02 Å². The molecule has 1 aromatic heterocycles. The first-order valence-electron chi connectivity index (χ1n) is 8.32. The number of H-pyrrole nitrogens is 1. The standard InChI is InChI=1S/C19H18ClFN4O/c1-22-19(26)23-8-15-5-12-6-16(20)18(7-17(12)24-15)25-9-11-2-3-14(21)4-13(11)10-25/h2-7,24H,8-10H2,1H3,(H2,22,23,26). The Morgan fingerprint density at radius 2 is 2.04 bits per heavy atom. The minimum atomic E-state index is -0.232. The van der Waals surface area contributed by atoms with Crippen LogP contribution in [0.1, 0.15) is 16.8 Å². The van der Waals surface area contributed by atoms with E-state index < -0.39 is 0 Å². The molecule has 0 fully saturated rings. The van der Waals surface area contributed by atoms with Crippen LogP contribution in [-0.4, -0.2) is 18.1 Å². The van der Waals surface area contributed by atoms with Crippen molar-refractivity contribution in [1.29, 1.82) is 0 Å². The van der Waals surface area contributed by atoms with Gasteiger partial charge in [-0.15, -0.1) is 0 Å². The van der Waals surface area contributed by atoms with Crippen LogP contribution < -0.4 is 15.5 Å². The van der Waals surface area contributed by atoms with Gasteiger partial charge >= 0.3 is 6.03 Å². The molecular weight excluding hydrogens is 355 g/mol. The molecule has 2 aromatic carbocycles. The number of nitrogens with one attached hydrogen (secondary N) is 3. The van der Waals surface area contributed by atoms with Gasteiger partial charge in [0.1, 0.15) is 5.82 Å². The number of aromatic amines is 1. The average Bonchev–Trinajstić information content (AvgIpc) is 3.21. The predicted molar refractivity (Wildman–Crippen MR) is 101 cm³/mol. The molecule has 0 bridgehead atoms. The largest absolute Gasteiger partial charge is 0.362 e. The van der Waals surface area contributed by atoms with Crippen LogP contribution in [0.5, 0.6) is 0 Å². The minimum Gasteiger partial charge on any atom is -0.362 e. The van der Waals surface area contributed by atoms with E-state index in [2.05, 4.69) is 20.5 Å². The van der Waals surface area contributed by atoms with E-state index in [1.165, 1.54) is 6.07 Å². The lowest BCUT2D eigenvalue weighted by Gasteiger charge is -2.19. The number of nitrogens with zero attached hydrogens (tertiary/aromatic N) is 1. The Morgan fingerprint density at radius 1 is 1.23 bits per heavy atom. The predicted octanol–water partition coefficient (Wildman–Crippen LogP) is 3.91. The summed E-state index contributed by atoms with van der Waals surface area (Å²) in [5, 5.41) is 6.90. The number of rotatable bonds is 3. The molecular formula is C19H18ClFN4O. The van der Waals surface area contributed by atoms with Crippen LogP contribution in [-0.2, 0) is 19.6 Å². The molecule has 134 valence electrons. The van der Waals surface area contributed by atoms with E-state index in [9.17, 15) is 9.18 Å². The Bertz CT molecular complexity index is 1000. The zero-order valence-electron chi connectivity index (χ0n) is 14.2. The summed E-state index contributed by atoms with van der Waals surface area (Å²) in [5.41, 5.74) is 4.85. The van der Waals surface area contributed by atoms with Crippen molar-refractivity contribution < 1.29 is 9.18 Å². The molecule has 3 aromatic rings. The van der Waals surface area contributed by atoms with E-state index in [-0.39, 0.29) is 11.8 Å². The molecule has 3 N–H and O–H groups in total. The quantitative estimate of drug-likeness (QED) is 0.652. The summed E-state index contributed by atoms with van der Waals surface area (Å²) in [6, 6.07) is 10.6. The SMILES string of the molecule is CNC(=O)NCc1cc2cc(Cl)c(N3Cc4ccc(F)cc4C3)cc2[nH]1. The number of hydrogen-bond donors (Lipinski definition) is 3. The minimum absolute atomic E-state index is 0.218. The van der Waals surface area contributed by atoms with Crippen molar-refractivity contribution in [3.8, 4) is 0 Å². The van der Waals surface area contributed by atoms with Crippen molar-refractivity contribution in [1.82, 2.24) is 15.6 Å². The summed E-state index contributed by atoms with van der Waals surface area (Å²) in [5.74, 6) is -0.218. The van der Waals surface area contributed by atoms with Crippen molar-refractivity contribution >= 4 is 34.2 Å². The molecule has 0 spiro atoms. The molecule has 0 saturated carbocycles. The maximum atomic E-state index is 13.5. The maximum Gasteiger partial charge on any atom is 0.314 e. The number of fused-ring (bicyclic) bond motifs is 2. The Hall–Kier alpha value is -2.73. The normalized spacial score (nSPS) is 13.1. The smallest absolute Gasteiger partial charge is 0.314 e. The second-order valence-corrected chi connectivity index (χ2v) is 6.79. The van der Waals surface area contributed by atoms with Crippen molar-refractivity contribution in [2.24, 2.45) is 0 Å². The maximum absolute atomic E-state index is 13.5. The van der Waals surface area contributed by atoms with Crippen LogP contribution in [0, 0.1) is 5.82 Å². The highest BCUT2D eigenvalue weighted by molar-refractivity contribution is 6.34. The van der Waals surface area contributed by atoms with Gasteiger partial charge in [0.05, 0.1) is 17.3 Å². The Balaban J connectivity index is 1.60. The molecule has 0 unspecified atom stereocenters. The topological polar surface area (TPSA) is 60.2 Å². The fourth-order valence-corrected chi connectivity index (χ4v) is 3.63. The Kier molecular flexibility index (Phi) is 4.20. The van der Waals surface area contributed by atoms with Crippen LogP contribution in [0.15, 0.2) is 36.4 Å². The van der Waals surface area contributed by atoms with Crippen molar-refractivity contribution in [3.05, 3.63) is 64.1 Å². The first-order valence-corrected chi connectivity index (χ1v) is 8.70. The highest BCUT2D eigenvalue weighted by atomic mass is 35.5. The second-order valence-electron chi connectivity index (χ2n) is 6.39. The fraction of sp³-hybridized carbons (Fsp3) is 0.211. The van der Waals surface area contributed by atoms with Crippen molar-refractivity contribution in [2.45, 2.75) is 19.6 Å². The number of aromatic nitrogens is 1. The number of carbonyl (C=O) groups excluding carboxylic acids is 1. The third-order valence-electron chi connectivity index (χ3n) is 4.64. The van der Waals surface area contributed by atoms with E-state index in [1.807, 2.05) is 24.3 Å². The summed E-state index contributed by atoms with van der Waals surface area (Å²) in [4.78, 5) is 16.8. The lowest BCUT2D eigenvalue weighted by molar-refractivity contribution is 0.242. The van der Waals surface area contributed by atoms with Gasteiger partial charge in [-0.25, -0.2) is 9.18 Å². The molecule has 0 radical (unpaired) electrons. The van der Waals surface area contributed by atoms with Crippen LogP contribution in [0.3, 0.4) is 0 Å². The summed E-state index contributed by atoms with van der Waals surface area (Å²) in [6.07, 6.45) is 0. The van der Waals surface area contributed by atoms with Gasteiger partial charge in [0.2, 0.25) is 0 Å². The van der Waals surface area contributed by atoms with Gasteiger partial charge in [-0.1, -0.05) is 17.7 Å². The number of urea groups is 1. The highest BCUT2D eigenvalue weighted by Gasteiger charge is 2.22. The number of benzene rings is 2. The molecule has 5 nitrogen and oxygen atoms in total. The molecule has 0 aliphatic carbocycles. The number of carbonyl (C=O) groups is 1. The lowest BCUT2D eigenvalue weighted by Crippen LogP contribution is -2.32. The van der Waals surface area contributed by atoms with Gasteiger partial charge in [0.15, 0.2) is 0 Å². The third kappa shape index (κ3) is 3.08. The lowest BCUT2D eigenvalue weighted by atomic mass is 10.1. The van der Waals surface area contributed by atoms with Crippen molar-refractivity contribution in [3.63, 3.8) is 0 Å². The van der Waals surface area contributed by atoms with Gasteiger partial charge in [-0.05, 0) is 41.5 Å². The average molecular weight is 373 g/mol. The first-order chi connectivity index (χ1) is 12.5. The van der Waals surface area contributed by atoms with E-state index in [0.717, 1.165) is 33.4 Å². The van der Waals surface area contributed by atoms with Gasteiger partial charge in [0, 0.05) is 36.7 Å². The third-order valence-corrected chi connectivity index (χ3v) is 4.94. The van der Waals surface area contributed by atoms with Gasteiger partial charge in [-0.3, -0.25) is 0 Å². The van der Waals surface area contributed by atoms with E-state index >= 15 is 0 Å². The molecule has 0 atom stereocenters. The highest BCUT2D eigenvalue weighted by Crippen LogP contribution is 2.36. The molecule has 2 amide bonds. The van der Waals surface area contributed by atoms with Gasteiger partial charge in [0.25, 0.3) is 0 Å². The monoisotopic (exact) mass is 372 g/mol. The molecule has 4 rings (SSSR count). The molecule has 2 heterocycles. The van der Waals surface area contributed by atoms with E-state index in [0.29, 0.717) is 24.7 Å². The molecule has 26 heavy (non-hydrogen) atoms. The Labute approximate surface area is 155 Å². The molecule has 1 aliphatic heterocycles. The van der Waals surface area contributed by atoms with Gasteiger partial charge < -0.3 is 20.5 Å². The van der Waals surface area contributed by atoms with E-state index in [1.54, 1.807) is 13.1 Å². The summed E-state index contributed by atoms with van der Waals surface area (Å²) in [6.45, 7) is 1.73. The first kappa shape index (κ1) is 16.7. The number of halogens is 2. The molecule has 7 heteroatoms. The van der Waals surface area contributed by atoms with E-state index in [4.69, 9.17) is 11.6 Å². The van der Waals surface area contributed by atoms with Crippen LogP contribution >= 0.6 is 11.6 Å². The zero-order chi connectivity index (χ0) is 18.3. The summed E-state index contributed by atoms with van der Waals surface area (Å²) >= 11 is 6.51. The zero-order valence-corrected chi connectivity index (χ0v) is 15.0. The number of amides is 2. The molecule has 1 aliphatic rings. The van der Waals surface area contributed by atoms with Gasteiger partial charge in [-0.2, -0.15) is 0 Å². The number of anilines is 1. The summed E-state index contributed by atoms with van der Waals surface area (Å²) in [7, 11) is 1.58. The van der Waals surface area contributed by atoms with Crippen molar-refractivity contribution in [2.75, 3.05) is 11.9 Å². The van der Waals surface area contributed by atoms with Crippen LogP contribution in [0.4, 0.5) is 14.9 Å². The van der Waals surface area contributed by atoms with Crippen LogP contribution in [0.25, 0.3) is 10.9 Å².